The number of pyridine rings is 1. The molecule has 0 aliphatic carbocycles. The molecule has 0 bridgehead atoms. The van der Waals surface area contributed by atoms with Crippen molar-refractivity contribution >= 4 is 5.97 Å². The molecule has 1 heterocycles. The average Bonchev–Trinajstić information content (AvgIpc) is 2.17. The number of rotatable bonds is 3. The van der Waals surface area contributed by atoms with Crippen LogP contribution >= 0.6 is 0 Å². The zero-order valence-electron chi connectivity index (χ0n) is 8.18. The van der Waals surface area contributed by atoms with Crippen molar-refractivity contribution in [2.45, 2.75) is 26.1 Å². The third-order valence-electron chi connectivity index (χ3n) is 1.54. The van der Waals surface area contributed by atoms with Gasteiger partial charge in [0.15, 0.2) is 6.10 Å². The fourth-order valence-electron chi connectivity index (χ4n) is 0.955. The number of aliphatic hydroxyl groups is 1. The molecular formula is C10H13NO3. The highest BCUT2D eigenvalue weighted by atomic mass is 16.6. The second-order valence-electron chi connectivity index (χ2n) is 3.14. The Hall–Kier alpha value is -1.42. The van der Waals surface area contributed by atoms with Gasteiger partial charge in [-0.3, -0.25) is 4.98 Å². The highest BCUT2D eigenvalue weighted by molar-refractivity contribution is 5.75. The monoisotopic (exact) mass is 195 g/mol. The molecular weight excluding hydrogens is 182 g/mol. The van der Waals surface area contributed by atoms with Crippen molar-refractivity contribution in [2.75, 3.05) is 0 Å². The van der Waals surface area contributed by atoms with Crippen LogP contribution in [0.25, 0.3) is 0 Å². The van der Waals surface area contributed by atoms with E-state index in [4.69, 9.17) is 4.74 Å². The molecule has 1 N–H and O–H groups in total. The maximum Gasteiger partial charge on any atom is 0.341 e. The van der Waals surface area contributed by atoms with E-state index in [9.17, 15) is 9.90 Å². The van der Waals surface area contributed by atoms with Gasteiger partial charge in [-0.2, -0.15) is 0 Å². The first-order valence-corrected chi connectivity index (χ1v) is 4.40. The normalized spacial score (nSPS) is 12.6. The lowest BCUT2D eigenvalue weighted by Crippen LogP contribution is -2.20. The first-order valence-electron chi connectivity index (χ1n) is 4.40. The molecule has 1 atom stereocenters. The predicted molar refractivity (Wildman–Crippen MR) is 50.4 cm³/mol. The van der Waals surface area contributed by atoms with Gasteiger partial charge in [0, 0.05) is 6.20 Å². The van der Waals surface area contributed by atoms with Gasteiger partial charge in [-0.15, -0.1) is 0 Å². The van der Waals surface area contributed by atoms with Gasteiger partial charge < -0.3 is 9.84 Å². The number of esters is 1. The van der Waals surface area contributed by atoms with E-state index >= 15 is 0 Å². The number of aliphatic hydroxyl groups excluding tert-OH is 1. The predicted octanol–water partition coefficient (Wildman–Crippen LogP) is 1.07. The number of carbonyl (C=O) groups is 1. The summed E-state index contributed by atoms with van der Waals surface area (Å²) in [6, 6.07) is 4.99. The number of nitrogens with zero attached hydrogens (tertiary/aromatic N) is 1. The van der Waals surface area contributed by atoms with E-state index in [0.717, 1.165) is 0 Å². The van der Waals surface area contributed by atoms with E-state index in [1.165, 1.54) is 6.20 Å². The Morgan fingerprint density at radius 1 is 1.50 bits per heavy atom. The van der Waals surface area contributed by atoms with Crippen LogP contribution in [0.5, 0.6) is 0 Å². The maximum absolute atomic E-state index is 11.2. The molecule has 0 saturated carbocycles. The number of hydrogen-bond acceptors (Lipinski definition) is 4. The Kier molecular flexibility index (Phi) is 3.59. The molecule has 1 aromatic rings. The second-order valence-corrected chi connectivity index (χ2v) is 3.14. The molecule has 0 fully saturated rings. The summed E-state index contributed by atoms with van der Waals surface area (Å²) >= 11 is 0. The van der Waals surface area contributed by atoms with Gasteiger partial charge in [0.05, 0.1) is 11.8 Å². The quantitative estimate of drug-likeness (QED) is 0.733. The lowest BCUT2D eigenvalue weighted by atomic mass is 10.2. The van der Waals surface area contributed by atoms with Crippen LogP contribution in [-0.2, 0) is 9.53 Å². The largest absolute Gasteiger partial charge is 0.461 e. The van der Waals surface area contributed by atoms with Gasteiger partial charge in [-0.1, -0.05) is 6.07 Å². The lowest BCUT2D eigenvalue weighted by Gasteiger charge is -2.12. The first-order chi connectivity index (χ1) is 6.61. The van der Waals surface area contributed by atoms with Gasteiger partial charge in [-0.05, 0) is 26.0 Å². The third kappa shape index (κ3) is 2.81. The van der Waals surface area contributed by atoms with E-state index in [0.29, 0.717) is 5.69 Å². The van der Waals surface area contributed by atoms with Crippen LogP contribution in [0.4, 0.5) is 0 Å². The Balaban J connectivity index is 2.66. The molecule has 0 aliphatic rings. The maximum atomic E-state index is 11.2. The zero-order valence-corrected chi connectivity index (χ0v) is 8.18. The van der Waals surface area contributed by atoms with E-state index in [-0.39, 0.29) is 6.10 Å². The fourth-order valence-corrected chi connectivity index (χ4v) is 0.955. The first kappa shape index (κ1) is 10.7. The van der Waals surface area contributed by atoms with Crippen molar-refractivity contribution in [3.05, 3.63) is 30.1 Å². The summed E-state index contributed by atoms with van der Waals surface area (Å²) in [6.07, 6.45) is -0.0132. The molecule has 1 unspecified atom stereocenters. The van der Waals surface area contributed by atoms with Crippen molar-refractivity contribution in [1.82, 2.24) is 4.98 Å². The molecule has 0 aromatic carbocycles. The van der Waals surface area contributed by atoms with Crippen LogP contribution in [0.1, 0.15) is 25.6 Å². The molecule has 0 aliphatic heterocycles. The minimum atomic E-state index is -1.29. The van der Waals surface area contributed by atoms with Crippen molar-refractivity contribution < 1.29 is 14.6 Å². The Labute approximate surface area is 82.5 Å². The standard InChI is InChI=1S/C10H13NO3/c1-7(2)14-10(13)9(12)8-5-3-4-6-11-8/h3-7,9,12H,1-2H3. The van der Waals surface area contributed by atoms with E-state index in [1.54, 1.807) is 32.0 Å². The van der Waals surface area contributed by atoms with Gasteiger partial charge in [0.1, 0.15) is 0 Å². The molecule has 1 aromatic heterocycles. The summed E-state index contributed by atoms with van der Waals surface area (Å²) in [5, 5.41) is 9.50. The van der Waals surface area contributed by atoms with Crippen molar-refractivity contribution in [2.24, 2.45) is 0 Å². The van der Waals surface area contributed by atoms with Crippen molar-refractivity contribution in [3.63, 3.8) is 0 Å². The minimum Gasteiger partial charge on any atom is -0.461 e. The van der Waals surface area contributed by atoms with E-state index in [2.05, 4.69) is 4.98 Å². The lowest BCUT2D eigenvalue weighted by molar-refractivity contribution is -0.158. The topological polar surface area (TPSA) is 59.4 Å². The molecule has 14 heavy (non-hydrogen) atoms. The third-order valence-corrected chi connectivity index (χ3v) is 1.54. The van der Waals surface area contributed by atoms with Gasteiger partial charge in [0.25, 0.3) is 0 Å². The molecule has 0 radical (unpaired) electrons. The molecule has 0 amide bonds. The summed E-state index contributed by atoms with van der Waals surface area (Å²) in [4.78, 5) is 15.1. The second kappa shape index (κ2) is 4.72. The summed E-state index contributed by atoms with van der Waals surface area (Å²) in [5.74, 6) is -0.668. The summed E-state index contributed by atoms with van der Waals surface area (Å²) < 4.78 is 4.84. The minimum absolute atomic E-state index is 0.235. The van der Waals surface area contributed by atoms with Crippen LogP contribution in [0.2, 0.25) is 0 Å². The smallest absolute Gasteiger partial charge is 0.341 e. The number of carbonyl (C=O) groups excluding carboxylic acids is 1. The molecule has 4 nitrogen and oxygen atoms in total. The number of aromatic nitrogens is 1. The van der Waals surface area contributed by atoms with Crippen molar-refractivity contribution in [1.29, 1.82) is 0 Å². The summed E-state index contributed by atoms with van der Waals surface area (Å²) in [5.41, 5.74) is 0.304. The number of hydrogen-bond donors (Lipinski definition) is 1. The molecule has 0 saturated heterocycles. The molecule has 4 heteroatoms. The number of ether oxygens (including phenoxy) is 1. The highest BCUT2D eigenvalue weighted by Gasteiger charge is 2.20. The van der Waals surface area contributed by atoms with Gasteiger partial charge in [0.2, 0.25) is 0 Å². The van der Waals surface area contributed by atoms with Crippen molar-refractivity contribution in [3.8, 4) is 0 Å². The Bertz CT molecular complexity index is 297. The molecule has 0 spiro atoms. The molecule has 1 rings (SSSR count). The Morgan fingerprint density at radius 2 is 2.21 bits per heavy atom. The van der Waals surface area contributed by atoms with E-state index in [1.807, 2.05) is 0 Å². The van der Waals surface area contributed by atoms with E-state index < -0.39 is 12.1 Å². The van der Waals surface area contributed by atoms with Crippen LogP contribution in [0.3, 0.4) is 0 Å². The van der Waals surface area contributed by atoms with Gasteiger partial charge in [-0.25, -0.2) is 4.79 Å². The van der Waals surface area contributed by atoms with Crippen LogP contribution in [0, 0.1) is 0 Å². The summed E-state index contributed by atoms with van der Waals surface area (Å²) in [6.45, 7) is 3.45. The Morgan fingerprint density at radius 3 is 2.71 bits per heavy atom. The average molecular weight is 195 g/mol. The highest BCUT2D eigenvalue weighted by Crippen LogP contribution is 2.11. The molecule has 76 valence electrons. The fraction of sp³-hybridized carbons (Fsp3) is 0.400. The summed E-state index contributed by atoms with van der Waals surface area (Å²) in [7, 11) is 0. The van der Waals surface area contributed by atoms with Crippen LogP contribution in [-0.4, -0.2) is 22.2 Å². The van der Waals surface area contributed by atoms with Crippen LogP contribution < -0.4 is 0 Å². The van der Waals surface area contributed by atoms with Crippen LogP contribution in [0.15, 0.2) is 24.4 Å². The SMILES string of the molecule is CC(C)OC(=O)C(O)c1ccccn1. The van der Waals surface area contributed by atoms with Gasteiger partial charge >= 0.3 is 5.97 Å². The zero-order chi connectivity index (χ0) is 10.6.